The van der Waals surface area contributed by atoms with Crippen LogP contribution < -0.4 is 5.32 Å². The third kappa shape index (κ3) is 3.86. The van der Waals surface area contributed by atoms with Crippen LogP contribution in [0, 0.1) is 0 Å². The van der Waals surface area contributed by atoms with E-state index < -0.39 is 11.7 Å². The average molecular weight is 313 g/mol. The zero-order valence-corrected chi connectivity index (χ0v) is 12.8. The van der Waals surface area contributed by atoms with Gasteiger partial charge >= 0.3 is 6.18 Å². The number of hydrogen-bond donors (Lipinski definition) is 1. The molecule has 2 rings (SSSR count). The van der Waals surface area contributed by atoms with Crippen molar-refractivity contribution in [2.75, 3.05) is 6.54 Å². The first-order chi connectivity index (χ1) is 9.95. The van der Waals surface area contributed by atoms with E-state index >= 15 is 0 Å². The van der Waals surface area contributed by atoms with Crippen LogP contribution >= 0.6 is 11.3 Å². The summed E-state index contributed by atoms with van der Waals surface area (Å²) in [5.74, 6) is 0. The first-order valence-electron chi connectivity index (χ1n) is 6.94. The van der Waals surface area contributed by atoms with Gasteiger partial charge < -0.3 is 5.32 Å². The molecule has 0 bridgehead atoms. The van der Waals surface area contributed by atoms with Gasteiger partial charge in [0, 0.05) is 9.75 Å². The van der Waals surface area contributed by atoms with Gasteiger partial charge in [0.05, 0.1) is 11.6 Å². The fraction of sp³-hybridized carbons (Fsp3) is 0.375. The maximum atomic E-state index is 12.6. The standard InChI is InChI=1S/C16H18F3NS/c1-3-13-9-10-14(21-13)15(20-4-2)11-5-7-12(8-6-11)16(17,18)19/h5-10,15,20H,3-4H2,1-2H3. The maximum Gasteiger partial charge on any atom is 0.416 e. The van der Waals surface area contributed by atoms with Crippen molar-refractivity contribution in [1.29, 1.82) is 0 Å². The van der Waals surface area contributed by atoms with Crippen LogP contribution in [0.1, 0.15) is 40.8 Å². The molecule has 0 radical (unpaired) electrons. The zero-order valence-electron chi connectivity index (χ0n) is 12.0. The number of thiophene rings is 1. The van der Waals surface area contributed by atoms with Crippen molar-refractivity contribution in [2.45, 2.75) is 32.5 Å². The lowest BCUT2D eigenvalue weighted by Crippen LogP contribution is -2.21. The lowest BCUT2D eigenvalue weighted by molar-refractivity contribution is -0.137. The van der Waals surface area contributed by atoms with Gasteiger partial charge in [-0.1, -0.05) is 26.0 Å². The van der Waals surface area contributed by atoms with Crippen LogP contribution in [0.4, 0.5) is 13.2 Å². The van der Waals surface area contributed by atoms with Crippen molar-refractivity contribution >= 4 is 11.3 Å². The molecule has 1 N–H and O–H groups in total. The van der Waals surface area contributed by atoms with E-state index in [0.717, 1.165) is 35.5 Å². The van der Waals surface area contributed by atoms with Crippen molar-refractivity contribution in [2.24, 2.45) is 0 Å². The van der Waals surface area contributed by atoms with Crippen LogP contribution in [-0.4, -0.2) is 6.54 Å². The van der Waals surface area contributed by atoms with Crippen molar-refractivity contribution in [1.82, 2.24) is 5.32 Å². The van der Waals surface area contributed by atoms with E-state index in [-0.39, 0.29) is 6.04 Å². The largest absolute Gasteiger partial charge is 0.416 e. The maximum absolute atomic E-state index is 12.6. The van der Waals surface area contributed by atoms with E-state index in [1.807, 2.05) is 6.92 Å². The van der Waals surface area contributed by atoms with Crippen molar-refractivity contribution < 1.29 is 13.2 Å². The molecule has 0 aliphatic rings. The molecule has 0 aliphatic carbocycles. The molecule has 1 aromatic heterocycles. The molecule has 0 fully saturated rings. The Morgan fingerprint density at radius 1 is 1.05 bits per heavy atom. The molecule has 2 aromatic rings. The smallest absolute Gasteiger partial charge is 0.306 e. The van der Waals surface area contributed by atoms with Gasteiger partial charge in [-0.05, 0) is 42.8 Å². The number of nitrogens with one attached hydrogen (secondary N) is 1. The van der Waals surface area contributed by atoms with Gasteiger partial charge in [-0.3, -0.25) is 0 Å². The van der Waals surface area contributed by atoms with Gasteiger partial charge in [0.1, 0.15) is 0 Å². The van der Waals surface area contributed by atoms with Crippen LogP contribution in [0.5, 0.6) is 0 Å². The van der Waals surface area contributed by atoms with Gasteiger partial charge in [-0.15, -0.1) is 11.3 Å². The molecule has 114 valence electrons. The highest BCUT2D eigenvalue weighted by molar-refractivity contribution is 7.12. The molecule has 1 heterocycles. The Morgan fingerprint density at radius 3 is 2.19 bits per heavy atom. The Hall–Kier alpha value is -1.33. The summed E-state index contributed by atoms with van der Waals surface area (Å²) >= 11 is 1.70. The number of aryl methyl sites for hydroxylation is 1. The van der Waals surface area contributed by atoms with Crippen LogP contribution in [0.25, 0.3) is 0 Å². The molecular formula is C16H18F3NS. The SMILES string of the molecule is CCNC(c1ccc(C(F)(F)F)cc1)c1ccc(CC)s1. The van der Waals surface area contributed by atoms with Gasteiger partial charge in [0.15, 0.2) is 0 Å². The van der Waals surface area contributed by atoms with E-state index in [2.05, 4.69) is 24.4 Å². The molecule has 0 aliphatic heterocycles. The molecule has 0 amide bonds. The quantitative estimate of drug-likeness (QED) is 0.816. The minimum absolute atomic E-state index is 0.0532. The number of alkyl halides is 3. The molecule has 5 heteroatoms. The minimum Gasteiger partial charge on any atom is -0.306 e. The molecule has 1 atom stereocenters. The van der Waals surface area contributed by atoms with Crippen LogP contribution in [-0.2, 0) is 12.6 Å². The van der Waals surface area contributed by atoms with E-state index in [1.165, 1.54) is 4.88 Å². The molecule has 0 saturated heterocycles. The van der Waals surface area contributed by atoms with Crippen LogP contribution in [0.2, 0.25) is 0 Å². The van der Waals surface area contributed by atoms with Gasteiger partial charge in [0.2, 0.25) is 0 Å². The highest BCUT2D eigenvalue weighted by Gasteiger charge is 2.30. The molecule has 0 saturated carbocycles. The van der Waals surface area contributed by atoms with E-state index in [0.29, 0.717) is 0 Å². The third-order valence-electron chi connectivity index (χ3n) is 3.30. The van der Waals surface area contributed by atoms with Crippen LogP contribution in [0.3, 0.4) is 0 Å². The molecule has 1 unspecified atom stereocenters. The van der Waals surface area contributed by atoms with Crippen molar-refractivity contribution in [3.63, 3.8) is 0 Å². The summed E-state index contributed by atoms with van der Waals surface area (Å²) in [4.78, 5) is 2.41. The monoisotopic (exact) mass is 313 g/mol. The molecule has 21 heavy (non-hydrogen) atoms. The third-order valence-corrected chi connectivity index (χ3v) is 4.59. The summed E-state index contributed by atoms with van der Waals surface area (Å²) in [5, 5.41) is 3.34. The summed E-state index contributed by atoms with van der Waals surface area (Å²) in [6.45, 7) is 4.84. The zero-order chi connectivity index (χ0) is 15.5. The van der Waals surface area contributed by atoms with Crippen LogP contribution in [0.15, 0.2) is 36.4 Å². The lowest BCUT2D eigenvalue weighted by Gasteiger charge is -2.18. The molecule has 0 spiro atoms. The van der Waals surface area contributed by atoms with E-state index in [1.54, 1.807) is 23.5 Å². The second kappa shape index (κ2) is 6.62. The topological polar surface area (TPSA) is 12.0 Å². The Kier molecular flexibility index (Phi) is 5.06. The highest BCUT2D eigenvalue weighted by atomic mass is 32.1. The lowest BCUT2D eigenvalue weighted by atomic mass is 10.0. The fourth-order valence-corrected chi connectivity index (χ4v) is 3.25. The summed E-state index contributed by atoms with van der Waals surface area (Å²) in [6, 6.07) is 9.48. The predicted molar refractivity (Wildman–Crippen MR) is 80.7 cm³/mol. The predicted octanol–water partition coefficient (Wildman–Crippen LogP) is 5.03. The van der Waals surface area contributed by atoms with Gasteiger partial charge in [0.25, 0.3) is 0 Å². The number of rotatable bonds is 5. The van der Waals surface area contributed by atoms with E-state index in [4.69, 9.17) is 0 Å². The summed E-state index contributed by atoms with van der Waals surface area (Å²) in [5.41, 5.74) is 0.247. The number of hydrogen-bond acceptors (Lipinski definition) is 2. The molecule has 1 nitrogen and oxygen atoms in total. The first-order valence-corrected chi connectivity index (χ1v) is 7.76. The minimum atomic E-state index is -4.29. The highest BCUT2D eigenvalue weighted by Crippen LogP contribution is 2.32. The Labute approximate surface area is 126 Å². The summed E-state index contributed by atoms with van der Waals surface area (Å²) in [6.07, 6.45) is -3.32. The second-order valence-corrected chi connectivity index (χ2v) is 5.97. The Balaban J connectivity index is 2.29. The summed E-state index contributed by atoms with van der Waals surface area (Å²) in [7, 11) is 0. The fourth-order valence-electron chi connectivity index (χ4n) is 2.19. The normalized spacial score (nSPS) is 13.4. The Morgan fingerprint density at radius 2 is 1.71 bits per heavy atom. The Bertz CT molecular complexity index is 572. The average Bonchev–Trinajstić information content (AvgIpc) is 2.92. The van der Waals surface area contributed by atoms with Gasteiger partial charge in [-0.2, -0.15) is 13.2 Å². The molecule has 1 aromatic carbocycles. The van der Waals surface area contributed by atoms with Crippen molar-refractivity contribution in [3.8, 4) is 0 Å². The number of halogens is 3. The first kappa shape index (κ1) is 16.0. The van der Waals surface area contributed by atoms with Crippen molar-refractivity contribution in [3.05, 3.63) is 57.3 Å². The van der Waals surface area contributed by atoms with Gasteiger partial charge in [-0.25, -0.2) is 0 Å². The number of benzene rings is 1. The second-order valence-electron chi connectivity index (χ2n) is 4.77. The van der Waals surface area contributed by atoms with E-state index in [9.17, 15) is 13.2 Å². The summed E-state index contributed by atoms with van der Waals surface area (Å²) < 4.78 is 37.9. The molecular weight excluding hydrogens is 295 g/mol.